The van der Waals surface area contributed by atoms with Gasteiger partial charge in [0.1, 0.15) is 6.33 Å². The number of hydrogen-bond acceptors (Lipinski definition) is 4. The normalized spacial score (nSPS) is 10.3. The third-order valence-corrected chi connectivity index (χ3v) is 3.50. The molecule has 0 aliphatic carbocycles. The minimum absolute atomic E-state index is 0.826. The summed E-state index contributed by atoms with van der Waals surface area (Å²) >= 11 is 0. The molecule has 0 spiro atoms. The highest BCUT2D eigenvalue weighted by Crippen LogP contribution is 2.13. The molecule has 0 atom stereocenters. The molecule has 4 aromatic rings. The van der Waals surface area contributed by atoms with E-state index in [1.165, 1.54) is 11.1 Å². The van der Waals surface area contributed by atoms with Gasteiger partial charge in [-0.05, 0) is 49.2 Å². The number of rotatable bonds is 0. The third-order valence-electron chi connectivity index (χ3n) is 3.50. The van der Waals surface area contributed by atoms with Crippen molar-refractivity contribution in [3.05, 3.63) is 72.4 Å². The Morgan fingerprint density at radius 3 is 2.36 bits per heavy atom. The molecule has 108 valence electrons. The highest BCUT2D eigenvalue weighted by molar-refractivity contribution is 5.80. The van der Waals surface area contributed by atoms with Crippen LogP contribution in [0.3, 0.4) is 0 Å². The van der Waals surface area contributed by atoms with Crippen LogP contribution in [0.15, 0.2) is 61.3 Å². The molecule has 0 fully saturated rings. The van der Waals surface area contributed by atoms with E-state index in [0.29, 0.717) is 0 Å². The fourth-order valence-corrected chi connectivity index (χ4v) is 2.27. The summed E-state index contributed by atoms with van der Waals surface area (Å²) in [6, 6.07) is 12.0. The number of benzene rings is 1. The summed E-state index contributed by atoms with van der Waals surface area (Å²) in [7, 11) is 0. The van der Waals surface area contributed by atoms with Crippen molar-refractivity contribution in [2.45, 2.75) is 13.8 Å². The van der Waals surface area contributed by atoms with Crippen LogP contribution in [0, 0.1) is 13.8 Å². The number of fused-ring (bicyclic) bond motifs is 2. The Labute approximate surface area is 128 Å². The lowest BCUT2D eigenvalue weighted by atomic mass is 10.1. The van der Waals surface area contributed by atoms with E-state index >= 15 is 0 Å². The second-order valence-electron chi connectivity index (χ2n) is 5.03. The zero-order chi connectivity index (χ0) is 15.4. The van der Waals surface area contributed by atoms with Gasteiger partial charge in [0.2, 0.25) is 0 Å². The van der Waals surface area contributed by atoms with Crippen molar-refractivity contribution in [1.82, 2.24) is 19.9 Å². The van der Waals surface area contributed by atoms with Gasteiger partial charge < -0.3 is 0 Å². The van der Waals surface area contributed by atoms with Gasteiger partial charge in [-0.15, -0.1) is 0 Å². The summed E-state index contributed by atoms with van der Waals surface area (Å²) in [5.74, 6) is 0. The van der Waals surface area contributed by atoms with Crippen LogP contribution in [0.4, 0.5) is 0 Å². The summed E-state index contributed by atoms with van der Waals surface area (Å²) in [5.41, 5.74) is 4.29. The maximum Gasteiger partial charge on any atom is 0.159 e. The molecule has 0 amide bonds. The van der Waals surface area contributed by atoms with Gasteiger partial charge in [-0.1, -0.05) is 12.1 Å². The second-order valence-corrected chi connectivity index (χ2v) is 5.03. The van der Waals surface area contributed by atoms with E-state index in [9.17, 15) is 0 Å². The van der Waals surface area contributed by atoms with Crippen molar-refractivity contribution >= 4 is 21.9 Å². The molecule has 4 rings (SSSR count). The minimum atomic E-state index is 0.826. The van der Waals surface area contributed by atoms with E-state index in [4.69, 9.17) is 0 Å². The molecular formula is C18H16N4. The summed E-state index contributed by atoms with van der Waals surface area (Å²) in [6.45, 7) is 4.12. The molecule has 0 radical (unpaired) electrons. The van der Waals surface area contributed by atoms with Gasteiger partial charge in [-0.3, -0.25) is 0 Å². The SMILES string of the molecule is Cc1cccc2ncncc12.Cc1ccnc2ncccc12. The molecule has 0 N–H and O–H groups in total. The first kappa shape index (κ1) is 14.1. The quantitative estimate of drug-likeness (QED) is 0.493. The Morgan fingerprint density at radius 2 is 1.55 bits per heavy atom. The Kier molecular flexibility index (Phi) is 4.01. The van der Waals surface area contributed by atoms with E-state index < -0.39 is 0 Å². The summed E-state index contributed by atoms with van der Waals surface area (Å²) in [6.07, 6.45) is 6.96. The Bertz CT molecular complexity index is 831. The van der Waals surface area contributed by atoms with Crippen molar-refractivity contribution in [3.8, 4) is 0 Å². The topological polar surface area (TPSA) is 51.6 Å². The lowest BCUT2D eigenvalue weighted by Crippen LogP contribution is -1.83. The van der Waals surface area contributed by atoms with Crippen LogP contribution in [0.2, 0.25) is 0 Å². The summed E-state index contributed by atoms with van der Waals surface area (Å²) in [4.78, 5) is 16.4. The number of pyridine rings is 2. The van der Waals surface area contributed by atoms with Gasteiger partial charge in [-0.25, -0.2) is 19.9 Å². The maximum absolute atomic E-state index is 4.13. The van der Waals surface area contributed by atoms with E-state index in [1.54, 1.807) is 18.7 Å². The molecule has 0 unspecified atom stereocenters. The molecule has 3 heterocycles. The van der Waals surface area contributed by atoms with Crippen LogP contribution in [0.25, 0.3) is 21.9 Å². The van der Waals surface area contributed by atoms with E-state index in [1.807, 2.05) is 36.5 Å². The maximum atomic E-state index is 4.13. The molecule has 4 heteroatoms. The van der Waals surface area contributed by atoms with Gasteiger partial charge >= 0.3 is 0 Å². The van der Waals surface area contributed by atoms with Crippen LogP contribution >= 0.6 is 0 Å². The average molecular weight is 288 g/mol. The van der Waals surface area contributed by atoms with Crippen molar-refractivity contribution in [2.24, 2.45) is 0 Å². The standard InChI is InChI=1S/2C9H8N2/c1-7-4-6-11-9-8(7)3-2-5-10-9;1-7-3-2-4-9-8(7)5-10-6-11-9/h2*2-6H,1H3. The molecule has 22 heavy (non-hydrogen) atoms. The Balaban J connectivity index is 0.000000131. The average Bonchev–Trinajstić information content (AvgIpc) is 2.57. The summed E-state index contributed by atoms with van der Waals surface area (Å²) in [5, 5.41) is 2.27. The number of nitrogens with zero attached hydrogens (tertiary/aromatic N) is 4. The molecule has 0 saturated heterocycles. The van der Waals surface area contributed by atoms with Crippen LogP contribution < -0.4 is 0 Å². The van der Waals surface area contributed by atoms with Crippen LogP contribution in [0.1, 0.15) is 11.1 Å². The number of hydrogen-bond donors (Lipinski definition) is 0. The van der Waals surface area contributed by atoms with Crippen LogP contribution in [0.5, 0.6) is 0 Å². The van der Waals surface area contributed by atoms with E-state index in [0.717, 1.165) is 21.9 Å². The van der Waals surface area contributed by atoms with E-state index in [2.05, 4.69) is 39.8 Å². The lowest BCUT2D eigenvalue weighted by molar-refractivity contribution is 1.22. The summed E-state index contributed by atoms with van der Waals surface area (Å²) < 4.78 is 0. The molecule has 0 bridgehead atoms. The first-order valence-corrected chi connectivity index (χ1v) is 7.07. The van der Waals surface area contributed by atoms with Crippen molar-refractivity contribution in [3.63, 3.8) is 0 Å². The zero-order valence-corrected chi connectivity index (χ0v) is 12.6. The Morgan fingerprint density at radius 1 is 0.727 bits per heavy atom. The van der Waals surface area contributed by atoms with Crippen LogP contribution in [-0.4, -0.2) is 19.9 Å². The highest BCUT2D eigenvalue weighted by atomic mass is 14.8. The zero-order valence-electron chi connectivity index (χ0n) is 12.6. The third kappa shape index (κ3) is 2.91. The fraction of sp³-hybridized carbons (Fsp3) is 0.111. The predicted octanol–water partition coefficient (Wildman–Crippen LogP) is 3.88. The number of aryl methyl sites for hydroxylation is 2. The van der Waals surface area contributed by atoms with Crippen molar-refractivity contribution in [1.29, 1.82) is 0 Å². The molecule has 1 aromatic carbocycles. The second kappa shape index (κ2) is 6.26. The van der Waals surface area contributed by atoms with E-state index in [-0.39, 0.29) is 0 Å². The molecule has 0 saturated carbocycles. The molecule has 3 aromatic heterocycles. The molecule has 4 nitrogen and oxygen atoms in total. The smallest absolute Gasteiger partial charge is 0.159 e. The molecule has 0 aliphatic rings. The number of aromatic nitrogens is 4. The van der Waals surface area contributed by atoms with Crippen molar-refractivity contribution in [2.75, 3.05) is 0 Å². The largest absolute Gasteiger partial charge is 0.244 e. The first-order chi connectivity index (χ1) is 10.8. The molecule has 0 aliphatic heterocycles. The lowest BCUT2D eigenvalue weighted by Gasteiger charge is -1.97. The van der Waals surface area contributed by atoms with Crippen LogP contribution in [-0.2, 0) is 0 Å². The van der Waals surface area contributed by atoms with Gasteiger partial charge in [-0.2, -0.15) is 0 Å². The predicted molar refractivity (Wildman–Crippen MR) is 88.6 cm³/mol. The van der Waals surface area contributed by atoms with Crippen molar-refractivity contribution < 1.29 is 0 Å². The van der Waals surface area contributed by atoms with Gasteiger partial charge in [0.25, 0.3) is 0 Å². The van der Waals surface area contributed by atoms with Gasteiger partial charge in [0.15, 0.2) is 5.65 Å². The minimum Gasteiger partial charge on any atom is -0.244 e. The first-order valence-electron chi connectivity index (χ1n) is 7.07. The van der Waals surface area contributed by atoms with Gasteiger partial charge in [0.05, 0.1) is 5.52 Å². The highest BCUT2D eigenvalue weighted by Gasteiger charge is 1.95. The fourth-order valence-electron chi connectivity index (χ4n) is 2.27. The monoisotopic (exact) mass is 288 g/mol. The Hall–Kier alpha value is -2.88. The van der Waals surface area contributed by atoms with Gasteiger partial charge in [0, 0.05) is 29.4 Å². The molecular weight excluding hydrogens is 272 g/mol.